The second-order valence-electron chi connectivity index (χ2n) is 11.8. The summed E-state index contributed by atoms with van der Waals surface area (Å²) in [6.07, 6.45) is 0. The number of nitrogens with zero attached hydrogens (tertiary/aromatic N) is 2. The maximum atomic E-state index is 5.26. The van der Waals surface area contributed by atoms with Crippen LogP contribution in [0.5, 0.6) is 0 Å². The normalized spacial score (nSPS) is 12.1. The first kappa shape index (κ1) is 25.2. The van der Waals surface area contributed by atoms with Crippen LogP contribution in [0.4, 0.5) is 0 Å². The first-order chi connectivity index (χ1) is 22.2. The quantitative estimate of drug-likeness (QED) is 0.187. The lowest BCUT2D eigenvalue weighted by Crippen LogP contribution is -1.94. The molecule has 10 rings (SSSR count). The second-order valence-corrected chi connectivity index (χ2v) is 14.0. The van der Waals surface area contributed by atoms with Crippen molar-refractivity contribution < 1.29 is 0 Å². The van der Waals surface area contributed by atoms with Crippen molar-refractivity contribution >= 4 is 84.7 Å². The topological polar surface area (TPSA) is 25.8 Å². The van der Waals surface area contributed by atoms with Crippen LogP contribution in [0.1, 0.15) is 5.56 Å². The molecular formula is C41H24N2S2. The third kappa shape index (κ3) is 3.73. The van der Waals surface area contributed by atoms with Gasteiger partial charge in [-0.05, 0) is 81.6 Å². The second kappa shape index (κ2) is 9.42. The summed E-state index contributed by atoms with van der Waals surface area (Å²) in [4.78, 5) is 10.5. The SMILES string of the molecule is Cc1cc(-c2cc3sc4cccc5c6ccccc6c(c2)c3c45)cc(-c2nc(-c3ccccc3)c3sc4ccccc4c3n2)c1. The number of aromatic nitrogens is 2. The Labute approximate surface area is 267 Å². The molecule has 3 aromatic heterocycles. The van der Waals surface area contributed by atoms with Crippen LogP contribution in [0.3, 0.4) is 0 Å². The number of fused-ring (bicyclic) bond motifs is 6. The van der Waals surface area contributed by atoms with E-state index in [4.69, 9.17) is 9.97 Å². The first-order valence-electron chi connectivity index (χ1n) is 15.2. The zero-order valence-corrected chi connectivity index (χ0v) is 26.0. The highest BCUT2D eigenvalue weighted by Crippen LogP contribution is 2.47. The Hall–Kier alpha value is -5.16. The van der Waals surface area contributed by atoms with Crippen molar-refractivity contribution in [2.75, 3.05) is 0 Å². The third-order valence-electron chi connectivity index (χ3n) is 9.04. The molecule has 0 atom stereocenters. The van der Waals surface area contributed by atoms with Gasteiger partial charge in [0.25, 0.3) is 0 Å². The van der Waals surface area contributed by atoms with Crippen molar-refractivity contribution in [1.82, 2.24) is 9.97 Å². The average Bonchev–Trinajstić information content (AvgIpc) is 3.66. The van der Waals surface area contributed by atoms with E-state index in [-0.39, 0.29) is 0 Å². The summed E-state index contributed by atoms with van der Waals surface area (Å²) in [6.45, 7) is 2.17. The molecule has 0 fully saturated rings. The van der Waals surface area contributed by atoms with E-state index in [0.29, 0.717) is 0 Å². The van der Waals surface area contributed by atoms with Gasteiger partial charge in [0.15, 0.2) is 5.82 Å². The summed E-state index contributed by atoms with van der Waals surface area (Å²) >= 11 is 3.67. The molecular weight excluding hydrogens is 585 g/mol. The van der Waals surface area contributed by atoms with Crippen LogP contribution >= 0.6 is 22.7 Å². The highest BCUT2D eigenvalue weighted by molar-refractivity contribution is 7.26. The molecule has 0 N–H and O–H groups in total. The van der Waals surface area contributed by atoms with Gasteiger partial charge in [-0.2, -0.15) is 0 Å². The van der Waals surface area contributed by atoms with Crippen LogP contribution in [0.15, 0.2) is 127 Å². The van der Waals surface area contributed by atoms with Crippen LogP contribution < -0.4 is 0 Å². The molecule has 0 aliphatic rings. The highest BCUT2D eigenvalue weighted by atomic mass is 32.1. The highest BCUT2D eigenvalue weighted by Gasteiger charge is 2.19. The lowest BCUT2D eigenvalue weighted by molar-refractivity contribution is 1.23. The van der Waals surface area contributed by atoms with Crippen molar-refractivity contribution in [3.63, 3.8) is 0 Å². The number of benzene rings is 7. The van der Waals surface area contributed by atoms with E-state index in [1.807, 2.05) is 11.3 Å². The van der Waals surface area contributed by atoms with Gasteiger partial charge < -0.3 is 0 Å². The fourth-order valence-corrected chi connectivity index (χ4v) is 9.44. The van der Waals surface area contributed by atoms with E-state index in [1.165, 1.54) is 68.5 Å². The smallest absolute Gasteiger partial charge is 0.160 e. The number of hydrogen-bond acceptors (Lipinski definition) is 4. The summed E-state index contributed by atoms with van der Waals surface area (Å²) in [6, 6.07) is 46.2. The molecule has 0 amide bonds. The average molecular weight is 609 g/mol. The molecule has 4 heteroatoms. The Kier molecular flexibility index (Phi) is 5.27. The molecule has 0 spiro atoms. The van der Waals surface area contributed by atoms with E-state index < -0.39 is 0 Å². The molecule has 7 aromatic carbocycles. The third-order valence-corrected chi connectivity index (χ3v) is 11.3. The minimum atomic E-state index is 0.758. The van der Waals surface area contributed by atoms with Gasteiger partial charge in [-0.15, -0.1) is 22.7 Å². The van der Waals surface area contributed by atoms with Crippen molar-refractivity contribution in [2.24, 2.45) is 0 Å². The molecule has 3 heterocycles. The van der Waals surface area contributed by atoms with Crippen molar-refractivity contribution in [3.8, 4) is 33.8 Å². The molecule has 0 radical (unpaired) electrons. The Morgan fingerprint density at radius 1 is 0.444 bits per heavy atom. The van der Waals surface area contributed by atoms with Gasteiger partial charge in [0.2, 0.25) is 0 Å². The fourth-order valence-electron chi connectivity index (χ4n) is 7.09. The number of hydrogen-bond donors (Lipinski definition) is 0. The maximum absolute atomic E-state index is 5.26. The summed E-state index contributed by atoms with van der Waals surface area (Å²) in [7, 11) is 0. The van der Waals surface area contributed by atoms with E-state index in [9.17, 15) is 0 Å². The minimum Gasteiger partial charge on any atom is -0.226 e. The molecule has 0 saturated carbocycles. The largest absolute Gasteiger partial charge is 0.226 e. The van der Waals surface area contributed by atoms with E-state index in [1.54, 1.807) is 11.3 Å². The molecule has 10 aromatic rings. The van der Waals surface area contributed by atoms with E-state index in [0.717, 1.165) is 32.9 Å². The van der Waals surface area contributed by atoms with Gasteiger partial charge in [0.05, 0.1) is 15.9 Å². The predicted molar refractivity (Wildman–Crippen MR) is 195 cm³/mol. The molecule has 210 valence electrons. The molecule has 45 heavy (non-hydrogen) atoms. The van der Waals surface area contributed by atoms with Crippen LogP contribution in [0, 0.1) is 6.92 Å². The van der Waals surface area contributed by atoms with Gasteiger partial charge >= 0.3 is 0 Å². The summed E-state index contributed by atoms with van der Waals surface area (Å²) in [5, 5.41) is 9.23. The lowest BCUT2D eigenvalue weighted by Gasteiger charge is -2.13. The minimum absolute atomic E-state index is 0.758. The zero-order chi connectivity index (χ0) is 29.6. The van der Waals surface area contributed by atoms with Crippen LogP contribution in [0.25, 0.3) is 95.8 Å². The van der Waals surface area contributed by atoms with Gasteiger partial charge in [-0.3, -0.25) is 0 Å². The van der Waals surface area contributed by atoms with Crippen LogP contribution in [-0.4, -0.2) is 9.97 Å². The maximum Gasteiger partial charge on any atom is 0.160 e. The van der Waals surface area contributed by atoms with Crippen molar-refractivity contribution in [1.29, 1.82) is 0 Å². The fraction of sp³-hybridized carbons (Fsp3) is 0.0244. The molecule has 0 aliphatic heterocycles. The zero-order valence-electron chi connectivity index (χ0n) is 24.3. The Morgan fingerprint density at radius 2 is 1.11 bits per heavy atom. The van der Waals surface area contributed by atoms with E-state index in [2.05, 4.69) is 134 Å². The Bertz CT molecular complexity index is 2770. The predicted octanol–water partition coefficient (Wildman–Crippen LogP) is 12.3. The molecule has 0 unspecified atom stereocenters. The molecule has 0 aliphatic carbocycles. The summed E-state index contributed by atoms with van der Waals surface area (Å²) < 4.78 is 5.04. The number of aryl methyl sites for hydroxylation is 1. The lowest BCUT2D eigenvalue weighted by atomic mass is 9.91. The summed E-state index contributed by atoms with van der Waals surface area (Å²) in [5.74, 6) is 0.758. The number of thiophene rings is 2. The molecule has 0 bridgehead atoms. The van der Waals surface area contributed by atoms with Gasteiger partial charge in [0.1, 0.15) is 0 Å². The van der Waals surface area contributed by atoms with Crippen molar-refractivity contribution in [3.05, 3.63) is 133 Å². The van der Waals surface area contributed by atoms with E-state index >= 15 is 0 Å². The Morgan fingerprint density at radius 3 is 1.98 bits per heavy atom. The van der Waals surface area contributed by atoms with Crippen LogP contribution in [0.2, 0.25) is 0 Å². The van der Waals surface area contributed by atoms with Gasteiger partial charge in [0, 0.05) is 41.4 Å². The van der Waals surface area contributed by atoms with Crippen LogP contribution in [-0.2, 0) is 0 Å². The molecule has 0 saturated heterocycles. The standard InChI is InChI=1S/C41H24N2S2/c1-23-18-25(26-21-32-29-13-6-5-12-28(29)30-15-9-17-34-36(30)37(32)35(22-26)44-34)20-27(19-23)41-42-38(24-10-3-2-4-11-24)40-39(43-41)31-14-7-8-16-33(31)45-40/h2-22H,1H3. The molecule has 2 nitrogen and oxygen atoms in total. The van der Waals surface area contributed by atoms with Gasteiger partial charge in [-0.25, -0.2) is 9.97 Å². The Balaban J connectivity index is 1.23. The first-order valence-corrected chi connectivity index (χ1v) is 16.8. The monoisotopic (exact) mass is 608 g/mol. The number of rotatable bonds is 3. The van der Waals surface area contributed by atoms with Crippen molar-refractivity contribution in [2.45, 2.75) is 6.92 Å². The summed E-state index contributed by atoms with van der Waals surface area (Å²) in [5.41, 5.74) is 7.75. The van der Waals surface area contributed by atoms with Gasteiger partial charge in [-0.1, -0.05) is 91.0 Å².